The van der Waals surface area contributed by atoms with Gasteiger partial charge in [0, 0.05) is 18.7 Å². The summed E-state index contributed by atoms with van der Waals surface area (Å²) in [6.07, 6.45) is -4.58. The second-order valence-corrected chi connectivity index (χ2v) is 4.01. The van der Waals surface area contributed by atoms with Gasteiger partial charge < -0.3 is 9.84 Å². The molecule has 0 radical (unpaired) electrons. The molecule has 1 aliphatic heterocycles. The van der Waals surface area contributed by atoms with Gasteiger partial charge in [-0.1, -0.05) is 11.2 Å². The Morgan fingerprint density at radius 2 is 1.94 bits per heavy atom. The van der Waals surface area contributed by atoms with E-state index < -0.39 is 12.0 Å². The first kappa shape index (κ1) is 11.2. The van der Waals surface area contributed by atoms with Crippen LogP contribution in [0.3, 0.4) is 0 Å². The summed E-state index contributed by atoms with van der Waals surface area (Å²) in [4.78, 5) is 3.35. The highest BCUT2D eigenvalue weighted by molar-refractivity contribution is 5.56. The summed E-state index contributed by atoms with van der Waals surface area (Å²) in [5, 5.41) is 6.08. The molecular formula is C11H8F3N3O. The molecule has 0 bridgehead atoms. The van der Waals surface area contributed by atoms with Gasteiger partial charge in [-0.05, 0) is 23.3 Å². The van der Waals surface area contributed by atoms with Gasteiger partial charge in [0.1, 0.15) is 0 Å². The van der Waals surface area contributed by atoms with Crippen LogP contribution in [0.25, 0.3) is 11.5 Å². The third-order valence-corrected chi connectivity index (χ3v) is 2.76. The average molecular weight is 255 g/mol. The summed E-state index contributed by atoms with van der Waals surface area (Å²) >= 11 is 0. The van der Waals surface area contributed by atoms with Gasteiger partial charge in [-0.15, -0.1) is 0 Å². The van der Waals surface area contributed by atoms with Crippen LogP contribution in [-0.2, 0) is 19.3 Å². The molecule has 94 valence electrons. The third-order valence-electron chi connectivity index (χ3n) is 2.76. The smallest absolute Gasteiger partial charge is 0.334 e. The summed E-state index contributed by atoms with van der Waals surface area (Å²) in [7, 11) is 0. The molecule has 0 amide bonds. The normalized spacial score (nSPS) is 14.8. The first-order valence-electron chi connectivity index (χ1n) is 5.28. The lowest BCUT2D eigenvalue weighted by Gasteiger charge is -1.99. The van der Waals surface area contributed by atoms with Crippen molar-refractivity contribution in [1.29, 1.82) is 0 Å². The van der Waals surface area contributed by atoms with Crippen molar-refractivity contribution in [3.05, 3.63) is 35.2 Å². The lowest BCUT2D eigenvalue weighted by atomic mass is 10.1. The van der Waals surface area contributed by atoms with Gasteiger partial charge in [-0.3, -0.25) is 0 Å². The average Bonchev–Trinajstić information content (AvgIpc) is 2.96. The molecule has 2 aromatic rings. The van der Waals surface area contributed by atoms with Crippen LogP contribution in [0.2, 0.25) is 0 Å². The quantitative estimate of drug-likeness (QED) is 0.849. The molecular weight excluding hydrogens is 247 g/mol. The number of fused-ring (bicyclic) bond motifs is 1. The Bertz CT molecular complexity index is 591. The van der Waals surface area contributed by atoms with Gasteiger partial charge in [-0.2, -0.15) is 18.2 Å². The minimum absolute atomic E-state index is 0.114. The molecule has 1 aromatic heterocycles. The Hall–Kier alpha value is -1.89. The topological polar surface area (TPSA) is 51.0 Å². The number of hydrogen-bond donors (Lipinski definition) is 1. The molecule has 1 N–H and O–H groups in total. The summed E-state index contributed by atoms with van der Waals surface area (Å²) < 4.78 is 41.7. The second kappa shape index (κ2) is 3.81. The van der Waals surface area contributed by atoms with Crippen LogP contribution >= 0.6 is 0 Å². The highest BCUT2D eigenvalue weighted by atomic mass is 19.4. The zero-order valence-corrected chi connectivity index (χ0v) is 9.08. The molecule has 0 unspecified atom stereocenters. The fourth-order valence-corrected chi connectivity index (χ4v) is 1.88. The van der Waals surface area contributed by atoms with E-state index in [0.717, 1.165) is 17.7 Å². The van der Waals surface area contributed by atoms with Crippen LogP contribution in [-0.4, -0.2) is 10.1 Å². The van der Waals surface area contributed by atoms with Crippen molar-refractivity contribution >= 4 is 0 Å². The number of rotatable bonds is 1. The Balaban J connectivity index is 1.98. The van der Waals surface area contributed by atoms with E-state index in [1.54, 1.807) is 12.1 Å². The van der Waals surface area contributed by atoms with Crippen LogP contribution in [0.4, 0.5) is 13.2 Å². The van der Waals surface area contributed by atoms with Crippen molar-refractivity contribution in [2.45, 2.75) is 19.3 Å². The van der Waals surface area contributed by atoms with Crippen LogP contribution in [0.5, 0.6) is 0 Å². The standard InChI is InChI=1S/C11H8F3N3O/c12-11(13,14)10-16-9(18-17-10)6-1-2-7-4-15-5-8(7)3-6/h1-3,15H,4-5H2. The van der Waals surface area contributed by atoms with Crippen LogP contribution < -0.4 is 5.32 Å². The second-order valence-electron chi connectivity index (χ2n) is 4.01. The fraction of sp³-hybridized carbons (Fsp3) is 0.273. The number of aromatic nitrogens is 2. The van der Waals surface area contributed by atoms with Crippen molar-refractivity contribution in [2.75, 3.05) is 0 Å². The van der Waals surface area contributed by atoms with Crippen molar-refractivity contribution in [2.24, 2.45) is 0 Å². The monoisotopic (exact) mass is 255 g/mol. The van der Waals surface area contributed by atoms with Gasteiger partial charge >= 0.3 is 6.18 Å². The van der Waals surface area contributed by atoms with Crippen molar-refractivity contribution in [1.82, 2.24) is 15.5 Å². The molecule has 0 saturated heterocycles. The minimum atomic E-state index is -4.58. The lowest BCUT2D eigenvalue weighted by molar-refractivity contribution is -0.146. The number of nitrogens with one attached hydrogen (secondary N) is 1. The fourth-order valence-electron chi connectivity index (χ4n) is 1.88. The number of alkyl halides is 3. The van der Waals surface area contributed by atoms with E-state index in [4.69, 9.17) is 0 Å². The van der Waals surface area contributed by atoms with Crippen LogP contribution in [0, 0.1) is 0 Å². The Labute approximate surface area is 99.8 Å². The SMILES string of the molecule is FC(F)(F)c1noc(-c2ccc3c(c2)CNC3)n1. The minimum Gasteiger partial charge on any atom is -0.334 e. The number of nitrogens with zero attached hydrogens (tertiary/aromatic N) is 2. The van der Waals surface area contributed by atoms with Crippen molar-refractivity contribution in [3.63, 3.8) is 0 Å². The van der Waals surface area contributed by atoms with E-state index >= 15 is 0 Å². The Morgan fingerprint density at radius 1 is 1.17 bits per heavy atom. The van der Waals surface area contributed by atoms with E-state index in [9.17, 15) is 13.2 Å². The molecule has 0 fully saturated rings. The predicted molar refractivity (Wildman–Crippen MR) is 55.3 cm³/mol. The maximum atomic E-state index is 12.3. The summed E-state index contributed by atoms with van der Waals surface area (Å²) in [5.74, 6) is -1.37. The van der Waals surface area contributed by atoms with Gasteiger partial charge in [0.05, 0.1) is 0 Å². The summed E-state index contributed by atoms with van der Waals surface area (Å²) in [6.45, 7) is 1.47. The molecule has 4 nitrogen and oxygen atoms in total. The van der Waals surface area contributed by atoms with Gasteiger partial charge in [0.2, 0.25) is 0 Å². The molecule has 3 rings (SSSR count). The maximum Gasteiger partial charge on any atom is 0.455 e. The van der Waals surface area contributed by atoms with Crippen LogP contribution in [0.15, 0.2) is 22.7 Å². The first-order chi connectivity index (χ1) is 8.54. The van der Waals surface area contributed by atoms with Crippen molar-refractivity contribution < 1.29 is 17.7 Å². The van der Waals surface area contributed by atoms with E-state index in [0.29, 0.717) is 12.1 Å². The van der Waals surface area contributed by atoms with Gasteiger partial charge in [-0.25, -0.2) is 0 Å². The first-order valence-corrected chi connectivity index (χ1v) is 5.28. The maximum absolute atomic E-state index is 12.3. The Kier molecular flexibility index (Phi) is 2.37. The molecule has 0 spiro atoms. The number of benzene rings is 1. The molecule has 7 heteroatoms. The summed E-state index contributed by atoms with van der Waals surface area (Å²) in [6, 6.07) is 5.30. The number of hydrogen-bond acceptors (Lipinski definition) is 4. The molecule has 2 heterocycles. The molecule has 18 heavy (non-hydrogen) atoms. The van der Waals surface area contributed by atoms with E-state index in [2.05, 4.69) is 20.0 Å². The lowest BCUT2D eigenvalue weighted by Crippen LogP contribution is -2.07. The number of halogens is 3. The third kappa shape index (κ3) is 1.86. The van der Waals surface area contributed by atoms with Crippen LogP contribution in [0.1, 0.15) is 17.0 Å². The zero-order chi connectivity index (χ0) is 12.8. The molecule has 0 aliphatic carbocycles. The van der Waals surface area contributed by atoms with Crippen molar-refractivity contribution in [3.8, 4) is 11.5 Å². The molecule has 0 saturated carbocycles. The van der Waals surface area contributed by atoms with E-state index in [-0.39, 0.29) is 5.89 Å². The predicted octanol–water partition coefficient (Wildman–Crippen LogP) is 2.36. The molecule has 0 atom stereocenters. The molecule has 1 aliphatic rings. The van der Waals surface area contributed by atoms with E-state index in [1.165, 1.54) is 0 Å². The highest BCUT2D eigenvalue weighted by Gasteiger charge is 2.37. The van der Waals surface area contributed by atoms with Gasteiger partial charge in [0.15, 0.2) is 0 Å². The van der Waals surface area contributed by atoms with E-state index in [1.807, 2.05) is 6.07 Å². The van der Waals surface area contributed by atoms with Gasteiger partial charge in [0.25, 0.3) is 11.7 Å². The largest absolute Gasteiger partial charge is 0.455 e. The zero-order valence-electron chi connectivity index (χ0n) is 9.08. The summed E-state index contributed by atoms with van der Waals surface area (Å²) in [5.41, 5.74) is 2.68. The highest BCUT2D eigenvalue weighted by Crippen LogP contribution is 2.29. The molecule has 1 aromatic carbocycles. The Morgan fingerprint density at radius 3 is 2.67 bits per heavy atom.